The highest BCUT2D eigenvalue weighted by Gasteiger charge is 2.41. The third-order valence-corrected chi connectivity index (χ3v) is 8.93. The van der Waals surface area contributed by atoms with Crippen molar-refractivity contribution >= 4 is 25.4 Å². The van der Waals surface area contributed by atoms with Gasteiger partial charge in [-0.2, -0.15) is 52.7 Å². The highest BCUT2D eigenvalue weighted by Crippen LogP contribution is 2.42. The molecule has 224 valence electrons. The van der Waals surface area contributed by atoms with E-state index in [1.807, 2.05) is 0 Å². The summed E-state index contributed by atoms with van der Waals surface area (Å²) in [5, 5.41) is 0. The molecule has 0 aromatic heterocycles. The van der Waals surface area contributed by atoms with Crippen molar-refractivity contribution in [3.05, 3.63) is 76.9 Å². The van der Waals surface area contributed by atoms with Crippen LogP contribution in [0.3, 0.4) is 0 Å². The fourth-order valence-electron chi connectivity index (χ4n) is 3.41. The van der Waals surface area contributed by atoms with Crippen LogP contribution in [0, 0.1) is 0 Å². The molecule has 0 fully saturated rings. The molecule has 3 aromatic carbocycles. The second-order valence-electron chi connectivity index (χ2n) is 8.16. The van der Waals surface area contributed by atoms with E-state index in [0.29, 0.717) is 18.2 Å². The van der Waals surface area contributed by atoms with Crippen molar-refractivity contribution in [1.29, 1.82) is 0 Å². The molecule has 2 N–H and O–H groups in total. The van der Waals surface area contributed by atoms with E-state index in [4.69, 9.17) is 5.73 Å². The topological polar surface area (TPSA) is 94.3 Å². The van der Waals surface area contributed by atoms with Crippen LogP contribution in [0.15, 0.2) is 74.2 Å². The van der Waals surface area contributed by atoms with E-state index in [-0.39, 0.29) is 24.3 Å². The maximum atomic E-state index is 13.2. The molecule has 0 radical (unpaired) electrons. The van der Waals surface area contributed by atoms with E-state index in [2.05, 4.69) is 0 Å². The summed E-state index contributed by atoms with van der Waals surface area (Å²) >= 11 is 0. The molecule has 0 spiro atoms. The van der Waals surface area contributed by atoms with E-state index in [0.717, 1.165) is 0 Å². The number of rotatable bonds is 4. The van der Waals surface area contributed by atoms with Crippen LogP contribution in [0.1, 0.15) is 22.3 Å². The van der Waals surface area contributed by atoms with Crippen LogP contribution in [0.2, 0.25) is 0 Å². The number of anilines is 1. The highest BCUT2D eigenvalue weighted by molar-refractivity contribution is 7.92. The lowest BCUT2D eigenvalue weighted by molar-refractivity contribution is -0.145. The summed E-state index contributed by atoms with van der Waals surface area (Å²) in [6.07, 6.45) is -21.9. The van der Waals surface area contributed by atoms with Crippen LogP contribution in [-0.4, -0.2) is 16.8 Å². The number of benzene rings is 3. The van der Waals surface area contributed by atoms with E-state index >= 15 is 0 Å². The van der Waals surface area contributed by atoms with Gasteiger partial charge in [-0.05, 0) is 48.5 Å². The fourth-order valence-corrected chi connectivity index (χ4v) is 6.42. The lowest BCUT2D eigenvalue weighted by Crippen LogP contribution is -2.16. The van der Waals surface area contributed by atoms with Crippen LogP contribution in [0.4, 0.5) is 58.4 Å². The first-order valence-electron chi connectivity index (χ1n) is 10.2. The molecule has 5 nitrogen and oxygen atoms in total. The zero-order valence-electron chi connectivity index (χ0n) is 19.3. The number of nitrogen functional groups attached to an aromatic ring is 1. The fraction of sp³-hybridized carbons (Fsp3) is 0.182. The molecular formula is C22H11F12NO4S2. The summed E-state index contributed by atoms with van der Waals surface area (Å²) in [7, 11) is -11.0. The molecule has 0 heterocycles. The Balaban J connectivity index is 2.30. The standard InChI is InChI=1S/C22H11F12NO4S2/c23-19(24,25)10-4-11(20(26,27)28)7-14(6-10)40(36,37)16-2-1-3-17(18(16)35)41(38,39)15-8-12(21(29,30)31)5-13(9-15)22(32,33)34/h1-9H,35H2. The van der Waals surface area contributed by atoms with Crippen LogP contribution < -0.4 is 5.73 Å². The lowest BCUT2D eigenvalue weighted by Gasteiger charge is -2.17. The van der Waals surface area contributed by atoms with E-state index in [1.54, 1.807) is 0 Å². The van der Waals surface area contributed by atoms with Crippen molar-refractivity contribution in [2.24, 2.45) is 0 Å². The molecule has 0 atom stereocenters. The van der Waals surface area contributed by atoms with Gasteiger partial charge in [0, 0.05) is 0 Å². The predicted molar refractivity (Wildman–Crippen MR) is 115 cm³/mol. The zero-order valence-corrected chi connectivity index (χ0v) is 20.9. The average molecular weight is 645 g/mol. The summed E-state index contributed by atoms with van der Waals surface area (Å²) in [5.74, 6) is 0. The van der Waals surface area contributed by atoms with Gasteiger partial charge in [0.2, 0.25) is 19.7 Å². The third-order valence-electron chi connectivity index (χ3n) is 5.35. The number of nitrogens with two attached hydrogens (primary N) is 1. The molecule has 0 saturated carbocycles. The van der Waals surface area contributed by atoms with E-state index < -0.39 is 104 Å². The second-order valence-corrected chi connectivity index (χ2v) is 12.0. The SMILES string of the molecule is Nc1c(S(=O)(=O)c2cc(C(F)(F)F)cc(C(F)(F)F)c2)cccc1S(=O)(=O)c1cc(C(F)(F)F)cc(C(F)(F)F)c1. The van der Waals surface area contributed by atoms with Gasteiger partial charge in [0.1, 0.15) is 0 Å². The Morgan fingerprint density at radius 1 is 0.463 bits per heavy atom. The number of para-hydroxylation sites is 1. The molecule has 0 saturated heterocycles. The van der Waals surface area contributed by atoms with Crippen LogP contribution in [-0.2, 0) is 44.4 Å². The predicted octanol–water partition coefficient (Wildman–Crippen LogP) is 7.01. The number of halogens is 12. The van der Waals surface area contributed by atoms with Crippen LogP contribution in [0.5, 0.6) is 0 Å². The van der Waals surface area contributed by atoms with Gasteiger partial charge in [0.15, 0.2) is 0 Å². The molecule has 0 aliphatic carbocycles. The molecule has 3 rings (SSSR count). The molecule has 41 heavy (non-hydrogen) atoms. The van der Waals surface area contributed by atoms with Crippen molar-refractivity contribution < 1.29 is 69.5 Å². The molecule has 0 amide bonds. The molecule has 19 heteroatoms. The Labute approximate surface area is 222 Å². The van der Waals surface area contributed by atoms with Gasteiger partial charge < -0.3 is 5.73 Å². The quantitative estimate of drug-likeness (QED) is 0.244. The first kappa shape index (κ1) is 32.0. The number of hydrogen-bond donors (Lipinski definition) is 1. The molecule has 0 bridgehead atoms. The summed E-state index contributed by atoms with van der Waals surface area (Å²) in [6.45, 7) is 0. The van der Waals surface area contributed by atoms with Gasteiger partial charge in [-0.25, -0.2) is 16.8 Å². The van der Waals surface area contributed by atoms with Crippen molar-refractivity contribution in [3.63, 3.8) is 0 Å². The Morgan fingerprint density at radius 2 is 0.707 bits per heavy atom. The largest absolute Gasteiger partial charge is 0.416 e. The minimum atomic E-state index is -5.51. The number of sulfone groups is 2. The Kier molecular flexibility index (Phi) is 7.67. The highest BCUT2D eigenvalue weighted by atomic mass is 32.2. The van der Waals surface area contributed by atoms with Gasteiger partial charge in [-0.3, -0.25) is 0 Å². The first-order valence-corrected chi connectivity index (χ1v) is 13.2. The zero-order chi connectivity index (χ0) is 31.6. The maximum Gasteiger partial charge on any atom is 0.416 e. The summed E-state index contributed by atoms with van der Waals surface area (Å²) in [6, 6.07) is -0.103. The lowest BCUT2D eigenvalue weighted by atomic mass is 10.1. The normalized spacial score (nSPS) is 13.9. The Hall–Kier alpha value is -3.48. The smallest absolute Gasteiger partial charge is 0.397 e. The molecule has 3 aromatic rings. The van der Waals surface area contributed by atoms with Gasteiger partial charge >= 0.3 is 24.7 Å². The number of hydrogen-bond acceptors (Lipinski definition) is 5. The Morgan fingerprint density at radius 3 is 0.927 bits per heavy atom. The summed E-state index contributed by atoms with van der Waals surface area (Å²) < 4.78 is 211. The maximum absolute atomic E-state index is 13.2. The van der Waals surface area contributed by atoms with Gasteiger partial charge in [0.05, 0.1) is 47.5 Å². The summed E-state index contributed by atoms with van der Waals surface area (Å²) in [5.41, 5.74) is -4.05. The monoisotopic (exact) mass is 645 g/mol. The second kappa shape index (κ2) is 9.81. The van der Waals surface area contributed by atoms with Gasteiger partial charge in [0.25, 0.3) is 0 Å². The molecule has 0 aliphatic rings. The molecule has 0 aliphatic heterocycles. The molecular weight excluding hydrogens is 634 g/mol. The van der Waals surface area contributed by atoms with Crippen LogP contribution in [0.25, 0.3) is 0 Å². The minimum Gasteiger partial charge on any atom is -0.397 e. The van der Waals surface area contributed by atoms with E-state index in [9.17, 15) is 69.5 Å². The van der Waals surface area contributed by atoms with Crippen molar-refractivity contribution in [3.8, 4) is 0 Å². The number of alkyl halides is 12. The van der Waals surface area contributed by atoms with Crippen LogP contribution >= 0.6 is 0 Å². The van der Waals surface area contributed by atoms with Gasteiger partial charge in [-0.15, -0.1) is 0 Å². The van der Waals surface area contributed by atoms with Crippen molar-refractivity contribution in [2.45, 2.75) is 44.3 Å². The van der Waals surface area contributed by atoms with Gasteiger partial charge in [-0.1, -0.05) is 6.07 Å². The Bertz CT molecular complexity index is 1530. The average Bonchev–Trinajstić information content (AvgIpc) is 2.81. The van der Waals surface area contributed by atoms with Crippen molar-refractivity contribution in [2.75, 3.05) is 5.73 Å². The third kappa shape index (κ3) is 6.39. The minimum absolute atomic E-state index is 0.201. The van der Waals surface area contributed by atoms with Crippen molar-refractivity contribution in [1.82, 2.24) is 0 Å². The molecule has 0 unspecified atom stereocenters. The van der Waals surface area contributed by atoms with E-state index in [1.165, 1.54) is 0 Å². The first-order chi connectivity index (χ1) is 18.3. The summed E-state index contributed by atoms with van der Waals surface area (Å²) in [4.78, 5) is -6.07.